The van der Waals surface area contributed by atoms with Crippen molar-refractivity contribution in [2.24, 2.45) is 0 Å². The highest BCUT2D eigenvalue weighted by molar-refractivity contribution is 5.99. The van der Waals surface area contributed by atoms with Crippen LogP contribution in [0.1, 0.15) is 19.8 Å². The maximum absolute atomic E-state index is 13.1. The number of carbonyl (C=O) groups excluding carboxylic acids is 1. The molecule has 1 unspecified atom stereocenters. The number of benzene rings is 1. The van der Waals surface area contributed by atoms with E-state index in [1.165, 1.54) is 17.0 Å². The molecule has 1 fully saturated rings. The largest absolute Gasteiger partial charge is 0.314 e. The average molecular weight is 236 g/mol. The van der Waals surface area contributed by atoms with Crippen LogP contribution >= 0.6 is 0 Å². The summed E-state index contributed by atoms with van der Waals surface area (Å²) in [6.07, 6.45) is 1.82. The summed E-state index contributed by atoms with van der Waals surface area (Å²) >= 11 is 0. The molecule has 1 saturated heterocycles. The van der Waals surface area contributed by atoms with Crippen LogP contribution in [-0.4, -0.2) is 25.0 Å². The lowest BCUT2D eigenvalue weighted by atomic mass is 9.98. The molecule has 2 rings (SSSR count). The molecule has 1 N–H and O–H groups in total. The lowest BCUT2D eigenvalue weighted by Gasteiger charge is -2.29. The summed E-state index contributed by atoms with van der Waals surface area (Å²) in [5.41, 5.74) is 0.0751. The summed E-state index contributed by atoms with van der Waals surface area (Å²) in [5.74, 6) is -0.340. The maximum atomic E-state index is 13.1. The Kier molecular flexibility index (Phi) is 3.15. The van der Waals surface area contributed by atoms with Crippen molar-refractivity contribution in [3.8, 4) is 0 Å². The smallest absolute Gasteiger partial charge is 0.246 e. The number of carbonyl (C=O) groups is 1. The second kappa shape index (κ2) is 4.45. The molecule has 1 atom stereocenters. The summed E-state index contributed by atoms with van der Waals surface area (Å²) < 4.78 is 13.1. The minimum atomic E-state index is -0.513. The van der Waals surface area contributed by atoms with Gasteiger partial charge in [0.2, 0.25) is 5.91 Å². The standard InChI is InChI=1S/C13H17FN2O/c1-13(7-4-8-15-13)12(17)16(2)11-6-3-5-10(14)9-11/h3,5-6,9,15H,4,7-8H2,1-2H3. The summed E-state index contributed by atoms with van der Waals surface area (Å²) in [5, 5.41) is 3.21. The van der Waals surface area contributed by atoms with Crippen molar-refractivity contribution in [2.45, 2.75) is 25.3 Å². The van der Waals surface area contributed by atoms with Gasteiger partial charge in [-0.15, -0.1) is 0 Å². The van der Waals surface area contributed by atoms with Gasteiger partial charge in [-0.05, 0) is 44.5 Å². The van der Waals surface area contributed by atoms with Crippen molar-refractivity contribution < 1.29 is 9.18 Å². The fourth-order valence-corrected chi connectivity index (χ4v) is 2.25. The van der Waals surface area contributed by atoms with E-state index in [2.05, 4.69) is 5.32 Å². The third kappa shape index (κ3) is 2.31. The molecule has 0 aromatic heterocycles. The number of amides is 1. The second-order valence-corrected chi connectivity index (χ2v) is 4.71. The zero-order valence-corrected chi connectivity index (χ0v) is 10.2. The van der Waals surface area contributed by atoms with Gasteiger partial charge >= 0.3 is 0 Å². The summed E-state index contributed by atoms with van der Waals surface area (Å²) in [7, 11) is 1.68. The van der Waals surface area contributed by atoms with Gasteiger partial charge in [-0.2, -0.15) is 0 Å². The molecule has 0 bridgehead atoms. The SMILES string of the molecule is CN(C(=O)C1(C)CCCN1)c1cccc(F)c1. The number of nitrogens with zero attached hydrogens (tertiary/aromatic N) is 1. The number of hydrogen-bond donors (Lipinski definition) is 1. The van der Waals surface area contributed by atoms with Gasteiger partial charge in [0.05, 0.1) is 5.54 Å². The van der Waals surface area contributed by atoms with Crippen LogP contribution in [0.5, 0.6) is 0 Å². The third-order valence-corrected chi connectivity index (χ3v) is 3.34. The van der Waals surface area contributed by atoms with E-state index in [0.717, 1.165) is 19.4 Å². The highest BCUT2D eigenvalue weighted by Crippen LogP contribution is 2.24. The lowest BCUT2D eigenvalue weighted by Crippen LogP contribution is -2.51. The van der Waals surface area contributed by atoms with Crippen LogP contribution in [0, 0.1) is 5.82 Å². The van der Waals surface area contributed by atoms with Crippen LogP contribution in [0.15, 0.2) is 24.3 Å². The molecule has 1 amide bonds. The van der Waals surface area contributed by atoms with Crippen LogP contribution in [0.2, 0.25) is 0 Å². The van der Waals surface area contributed by atoms with Crippen molar-refractivity contribution in [1.82, 2.24) is 5.32 Å². The normalized spacial score (nSPS) is 23.7. The molecule has 4 heteroatoms. The van der Waals surface area contributed by atoms with Crippen molar-refractivity contribution in [2.75, 3.05) is 18.5 Å². The molecule has 1 heterocycles. The topological polar surface area (TPSA) is 32.3 Å². The highest BCUT2D eigenvalue weighted by atomic mass is 19.1. The van der Waals surface area contributed by atoms with Gasteiger partial charge in [-0.3, -0.25) is 4.79 Å². The molecule has 0 radical (unpaired) electrons. The predicted molar refractivity (Wildman–Crippen MR) is 65.5 cm³/mol. The van der Waals surface area contributed by atoms with E-state index >= 15 is 0 Å². The van der Waals surface area contributed by atoms with Gasteiger partial charge in [-0.25, -0.2) is 4.39 Å². The molecule has 3 nitrogen and oxygen atoms in total. The second-order valence-electron chi connectivity index (χ2n) is 4.71. The zero-order chi connectivity index (χ0) is 12.5. The maximum Gasteiger partial charge on any atom is 0.246 e. The molecule has 1 aromatic carbocycles. The Morgan fingerprint density at radius 1 is 1.53 bits per heavy atom. The number of halogens is 1. The molecule has 1 aliphatic heterocycles. The summed E-state index contributed by atoms with van der Waals surface area (Å²) in [6.45, 7) is 2.76. The van der Waals surface area contributed by atoms with E-state index in [9.17, 15) is 9.18 Å². The Morgan fingerprint density at radius 3 is 2.88 bits per heavy atom. The van der Waals surface area contributed by atoms with Crippen LogP contribution in [0.3, 0.4) is 0 Å². The van der Waals surface area contributed by atoms with Crippen molar-refractivity contribution in [1.29, 1.82) is 0 Å². The third-order valence-electron chi connectivity index (χ3n) is 3.34. The van der Waals surface area contributed by atoms with Gasteiger partial charge < -0.3 is 10.2 Å². The van der Waals surface area contributed by atoms with Crippen LogP contribution in [0.4, 0.5) is 10.1 Å². The Morgan fingerprint density at radius 2 is 2.29 bits per heavy atom. The van der Waals surface area contributed by atoms with E-state index in [4.69, 9.17) is 0 Å². The average Bonchev–Trinajstić information content (AvgIpc) is 2.75. The number of nitrogens with one attached hydrogen (secondary N) is 1. The molecule has 0 saturated carbocycles. The van der Waals surface area contributed by atoms with E-state index in [1.54, 1.807) is 19.2 Å². The van der Waals surface area contributed by atoms with Gasteiger partial charge in [0.25, 0.3) is 0 Å². The Hall–Kier alpha value is -1.42. The number of anilines is 1. The van der Waals surface area contributed by atoms with Gasteiger partial charge in [-0.1, -0.05) is 6.07 Å². The van der Waals surface area contributed by atoms with E-state index in [0.29, 0.717) is 5.69 Å². The van der Waals surface area contributed by atoms with Crippen LogP contribution < -0.4 is 10.2 Å². The van der Waals surface area contributed by atoms with Gasteiger partial charge in [0, 0.05) is 12.7 Å². The molecule has 0 aliphatic carbocycles. The molecule has 17 heavy (non-hydrogen) atoms. The minimum absolute atomic E-state index is 0.0133. The summed E-state index contributed by atoms with van der Waals surface area (Å²) in [6, 6.07) is 6.09. The quantitative estimate of drug-likeness (QED) is 0.851. The number of rotatable bonds is 2. The summed E-state index contributed by atoms with van der Waals surface area (Å²) in [4.78, 5) is 13.8. The Labute approximate surface area is 101 Å². The highest BCUT2D eigenvalue weighted by Gasteiger charge is 2.38. The van der Waals surface area contributed by atoms with Crippen molar-refractivity contribution >= 4 is 11.6 Å². The fourth-order valence-electron chi connectivity index (χ4n) is 2.25. The molecular weight excluding hydrogens is 219 g/mol. The van der Waals surface area contributed by atoms with E-state index in [1.807, 2.05) is 6.92 Å². The molecule has 92 valence electrons. The van der Waals surface area contributed by atoms with Crippen LogP contribution in [-0.2, 0) is 4.79 Å². The Balaban J connectivity index is 2.20. The van der Waals surface area contributed by atoms with Crippen LogP contribution in [0.25, 0.3) is 0 Å². The van der Waals surface area contributed by atoms with Gasteiger partial charge in [0.15, 0.2) is 0 Å². The van der Waals surface area contributed by atoms with E-state index in [-0.39, 0.29) is 11.7 Å². The zero-order valence-electron chi connectivity index (χ0n) is 10.2. The van der Waals surface area contributed by atoms with Gasteiger partial charge in [0.1, 0.15) is 5.82 Å². The molecule has 1 aliphatic rings. The fraction of sp³-hybridized carbons (Fsp3) is 0.462. The number of likely N-dealkylation sites (N-methyl/N-ethyl adjacent to an activating group) is 1. The van der Waals surface area contributed by atoms with E-state index < -0.39 is 5.54 Å². The minimum Gasteiger partial charge on any atom is -0.314 e. The Bertz CT molecular complexity index is 427. The predicted octanol–water partition coefficient (Wildman–Crippen LogP) is 1.93. The van der Waals surface area contributed by atoms with Crippen molar-refractivity contribution in [3.05, 3.63) is 30.1 Å². The molecular formula is C13H17FN2O. The molecule has 1 aromatic rings. The monoisotopic (exact) mass is 236 g/mol. The lowest BCUT2D eigenvalue weighted by molar-refractivity contribution is -0.123. The van der Waals surface area contributed by atoms with Crippen molar-refractivity contribution in [3.63, 3.8) is 0 Å². The first kappa shape index (κ1) is 12.0. The first-order valence-electron chi connectivity index (χ1n) is 5.82. The molecule has 0 spiro atoms. The first-order valence-corrected chi connectivity index (χ1v) is 5.82. The number of hydrogen-bond acceptors (Lipinski definition) is 2. The first-order chi connectivity index (χ1) is 8.03.